The van der Waals surface area contributed by atoms with Gasteiger partial charge in [0.1, 0.15) is 0 Å². The van der Waals surface area contributed by atoms with Crippen LogP contribution in [-0.2, 0) is 0 Å². The first kappa shape index (κ1) is 11.0. The molecule has 0 saturated heterocycles. The van der Waals surface area contributed by atoms with Gasteiger partial charge in [-0.2, -0.15) is 0 Å². The van der Waals surface area contributed by atoms with Crippen LogP contribution in [0.5, 0.6) is 0 Å². The average molecular weight is 159 g/mol. The molecule has 11 heavy (non-hydrogen) atoms. The third-order valence-corrected chi connectivity index (χ3v) is 1.76. The van der Waals surface area contributed by atoms with Crippen molar-refractivity contribution in [2.75, 3.05) is 6.54 Å². The second kappa shape index (κ2) is 6.66. The van der Waals surface area contributed by atoms with E-state index in [4.69, 9.17) is 0 Å². The minimum absolute atomic E-state index is 0. The van der Waals surface area contributed by atoms with Crippen molar-refractivity contribution in [2.45, 2.75) is 53.0 Å². The van der Waals surface area contributed by atoms with Gasteiger partial charge in [-0.15, -0.1) is 0 Å². The van der Waals surface area contributed by atoms with Crippen molar-refractivity contribution >= 4 is 0 Å². The van der Waals surface area contributed by atoms with Crippen LogP contribution in [-0.4, -0.2) is 12.6 Å². The van der Waals surface area contributed by atoms with Gasteiger partial charge in [-0.05, 0) is 18.9 Å². The van der Waals surface area contributed by atoms with Gasteiger partial charge in [-0.25, -0.2) is 0 Å². The fourth-order valence-corrected chi connectivity index (χ4v) is 1.07. The number of nitrogens with one attached hydrogen (secondary N) is 1. The molecule has 1 heteroatoms. The first-order valence-corrected chi connectivity index (χ1v) is 4.86. The lowest BCUT2D eigenvalue weighted by atomic mass is 10.1. The van der Waals surface area contributed by atoms with Gasteiger partial charge in [0.05, 0.1) is 0 Å². The van der Waals surface area contributed by atoms with Crippen LogP contribution in [0.25, 0.3) is 0 Å². The van der Waals surface area contributed by atoms with E-state index in [1.165, 1.54) is 25.8 Å². The van der Waals surface area contributed by atoms with Crippen molar-refractivity contribution in [3.05, 3.63) is 0 Å². The molecule has 0 aromatic rings. The molecule has 0 aliphatic carbocycles. The maximum Gasteiger partial charge on any atom is 0.00103 e. The molecule has 0 spiro atoms. The van der Waals surface area contributed by atoms with Gasteiger partial charge in [0.15, 0.2) is 0 Å². The predicted octanol–water partition coefficient (Wildman–Crippen LogP) is 3.06. The SMILES string of the molecule is CC(C)CCCCNC(C)C.[HH]. The van der Waals surface area contributed by atoms with Gasteiger partial charge in [0.25, 0.3) is 0 Å². The molecule has 0 aliphatic heterocycles. The van der Waals surface area contributed by atoms with Gasteiger partial charge in [-0.3, -0.25) is 0 Å². The Morgan fingerprint density at radius 2 is 1.73 bits per heavy atom. The maximum absolute atomic E-state index is 3.42. The first-order chi connectivity index (χ1) is 5.13. The molecule has 0 aromatic carbocycles. The number of rotatable bonds is 6. The summed E-state index contributed by atoms with van der Waals surface area (Å²) in [6.45, 7) is 10.2. The maximum atomic E-state index is 3.42. The molecule has 0 saturated carbocycles. The van der Waals surface area contributed by atoms with Gasteiger partial charge in [0, 0.05) is 7.47 Å². The zero-order valence-electron chi connectivity index (χ0n) is 8.48. The van der Waals surface area contributed by atoms with E-state index in [1.54, 1.807) is 0 Å². The lowest BCUT2D eigenvalue weighted by molar-refractivity contribution is 0.503. The van der Waals surface area contributed by atoms with Gasteiger partial charge in [0.2, 0.25) is 0 Å². The van der Waals surface area contributed by atoms with E-state index in [9.17, 15) is 0 Å². The minimum atomic E-state index is 0. The fourth-order valence-electron chi connectivity index (χ4n) is 1.07. The van der Waals surface area contributed by atoms with Crippen molar-refractivity contribution in [3.8, 4) is 0 Å². The Morgan fingerprint density at radius 3 is 2.18 bits per heavy atom. The summed E-state index contributed by atoms with van der Waals surface area (Å²) < 4.78 is 0. The van der Waals surface area contributed by atoms with Crippen LogP contribution in [0, 0.1) is 5.92 Å². The van der Waals surface area contributed by atoms with Crippen LogP contribution in [0.3, 0.4) is 0 Å². The molecule has 0 heterocycles. The fraction of sp³-hybridized carbons (Fsp3) is 1.00. The molecule has 70 valence electrons. The Morgan fingerprint density at radius 1 is 1.09 bits per heavy atom. The molecule has 0 aliphatic rings. The van der Waals surface area contributed by atoms with E-state index in [0.717, 1.165) is 5.92 Å². The van der Waals surface area contributed by atoms with Gasteiger partial charge < -0.3 is 5.32 Å². The van der Waals surface area contributed by atoms with Crippen LogP contribution in [0.15, 0.2) is 0 Å². The summed E-state index contributed by atoms with van der Waals surface area (Å²) in [5.74, 6) is 0.869. The Hall–Kier alpha value is -0.0400. The second-order valence-electron chi connectivity index (χ2n) is 4.00. The van der Waals surface area contributed by atoms with E-state index in [1.807, 2.05) is 0 Å². The first-order valence-electron chi connectivity index (χ1n) is 4.86. The highest BCUT2D eigenvalue weighted by atomic mass is 14.9. The Labute approximate surface area is 73.1 Å². The highest BCUT2D eigenvalue weighted by Crippen LogP contribution is 2.04. The van der Waals surface area contributed by atoms with Gasteiger partial charge >= 0.3 is 0 Å². The van der Waals surface area contributed by atoms with Gasteiger partial charge in [-0.1, -0.05) is 40.5 Å². The summed E-state index contributed by atoms with van der Waals surface area (Å²) in [6, 6.07) is 0.647. The zero-order chi connectivity index (χ0) is 8.69. The highest BCUT2D eigenvalue weighted by molar-refractivity contribution is 4.53. The monoisotopic (exact) mass is 159 g/mol. The highest BCUT2D eigenvalue weighted by Gasteiger charge is 1.94. The third-order valence-electron chi connectivity index (χ3n) is 1.76. The van der Waals surface area contributed by atoms with E-state index in [0.29, 0.717) is 6.04 Å². The molecule has 0 unspecified atom stereocenters. The van der Waals surface area contributed by atoms with Crippen LogP contribution in [0.2, 0.25) is 0 Å². The van der Waals surface area contributed by atoms with Crippen molar-refractivity contribution in [1.82, 2.24) is 5.32 Å². The van der Waals surface area contributed by atoms with E-state index in [-0.39, 0.29) is 1.43 Å². The lowest BCUT2D eigenvalue weighted by Gasteiger charge is -2.08. The van der Waals surface area contributed by atoms with E-state index in [2.05, 4.69) is 33.0 Å². The number of hydrogen-bond donors (Lipinski definition) is 1. The van der Waals surface area contributed by atoms with Crippen LogP contribution in [0.4, 0.5) is 0 Å². The van der Waals surface area contributed by atoms with E-state index < -0.39 is 0 Å². The smallest absolute Gasteiger partial charge is 0.00103 e. The molecular formula is C10H25N. The van der Waals surface area contributed by atoms with Crippen LogP contribution < -0.4 is 5.32 Å². The summed E-state index contributed by atoms with van der Waals surface area (Å²) in [7, 11) is 0. The summed E-state index contributed by atoms with van der Waals surface area (Å²) in [4.78, 5) is 0. The molecule has 1 nitrogen and oxygen atoms in total. The van der Waals surface area contributed by atoms with Crippen molar-refractivity contribution in [3.63, 3.8) is 0 Å². The lowest BCUT2D eigenvalue weighted by Crippen LogP contribution is -2.23. The summed E-state index contributed by atoms with van der Waals surface area (Å²) in [5, 5.41) is 3.42. The van der Waals surface area contributed by atoms with Crippen molar-refractivity contribution in [1.29, 1.82) is 0 Å². The summed E-state index contributed by atoms with van der Waals surface area (Å²) >= 11 is 0. The largest absolute Gasteiger partial charge is 0.315 e. The summed E-state index contributed by atoms with van der Waals surface area (Å²) in [6.07, 6.45) is 4.08. The molecule has 0 rings (SSSR count). The van der Waals surface area contributed by atoms with Crippen LogP contribution >= 0.6 is 0 Å². The van der Waals surface area contributed by atoms with Crippen molar-refractivity contribution < 1.29 is 1.43 Å². The molecule has 0 aromatic heterocycles. The minimum Gasteiger partial charge on any atom is -0.315 e. The molecule has 0 bridgehead atoms. The van der Waals surface area contributed by atoms with Crippen molar-refractivity contribution in [2.24, 2.45) is 5.92 Å². The molecule has 0 atom stereocenters. The number of unbranched alkanes of at least 4 members (excludes halogenated alkanes) is 1. The summed E-state index contributed by atoms with van der Waals surface area (Å²) in [5.41, 5.74) is 0. The Kier molecular flexibility index (Phi) is 6.63. The normalized spacial score (nSPS) is 11.5. The molecule has 1 N–H and O–H groups in total. The standard InChI is InChI=1S/C10H23N.H2/c1-9(2)7-5-6-8-11-10(3)4;/h9-11H,5-8H2,1-4H3;1H. The predicted molar refractivity (Wildman–Crippen MR) is 53.9 cm³/mol. The topological polar surface area (TPSA) is 12.0 Å². The quantitative estimate of drug-likeness (QED) is 0.587. The molecule has 0 amide bonds. The number of hydrogen-bond acceptors (Lipinski definition) is 1. The Balaban J connectivity index is 0. The average Bonchev–Trinajstić information content (AvgIpc) is 1.85. The molecular weight excluding hydrogens is 134 g/mol. The molecule has 0 fully saturated rings. The molecule has 0 radical (unpaired) electrons. The Bertz CT molecular complexity index is 71.9. The second-order valence-corrected chi connectivity index (χ2v) is 4.00. The zero-order valence-corrected chi connectivity index (χ0v) is 8.48. The third kappa shape index (κ3) is 9.96. The van der Waals surface area contributed by atoms with E-state index >= 15 is 0 Å². The van der Waals surface area contributed by atoms with Crippen LogP contribution in [0.1, 0.15) is 48.4 Å².